The summed E-state index contributed by atoms with van der Waals surface area (Å²) >= 11 is -1.18. The van der Waals surface area contributed by atoms with Crippen molar-refractivity contribution < 1.29 is 14.6 Å². The van der Waals surface area contributed by atoms with Crippen LogP contribution in [0.15, 0.2) is 29.2 Å². The predicted octanol–water partition coefficient (Wildman–Crippen LogP) is -0.896. The molecule has 0 aliphatic heterocycles. The summed E-state index contributed by atoms with van der Waals surface area (Å²) < 4.78 is 11.1. The number of benzene rings is 1. The quantitative estimate of drug-likeness (QED) is 0.462. The molecule has 2 N–H and O–H groups in total. The van der Waals surface area contributed by atoms with Gasteiger partial charge in [0.2, 0.25) is 0 Å². The molecule has 1 rings (SSSR count). The number of hydrogen-bond donors (Lipinski definition) is 2. The Morgan fingerprint density at radius 2 is 1.92 bits per heavy atom. The van der Waals surface area contributed by atoms with E-state index in [1.807, 2.05) is 0 Å². The predicted molar refractivity (Wildman–Crippen MR) is 48.6 cm³/mol. The van der Waals surface area contributed by atoms with E-state index in [1.165, 1.54) is 6.26 Å². The topological polar surface area (TPSA) is 63.5 Å². The van der Waals surface area contributed by atoms with Crippen LogP contribution in [0.1, 0.15) is 0 Å². The van der Waals surface area contributed by atoms with Crippen molar-refractivity contribution in [2.45, 2.75) is 4.90 Å². The minimum atomic E-state index is -1.55. The Bertz CT molecular complexity index is 238. The second-order valence-corrected chi connectivity index (χ2v) is 3.71. The Hall–Kier alpha value is -0.485. The van der Waals surface area contributed by atoms with Gasteiger partial charge in [-0.05, 0) is 17.2 Å². The van der Waals surface area contributed by atoms with E-state index in [1.54, 1.807) is 24.3 Å². The first-order valence-corrected chi connectivity index (χ1v) is 4.97. The fourth-order valence-electron chi connectivity index (χ4n) is 0.956. The van der Waals surface area contributed by atoms with Gasteiger partial charge in [0.25, 0.3) is 0 Å². The third-order valence-electron chi connectivity index (χ3n) is 1.51. The van der Waals surface area contributed by atoms with Crippen molar-refractivity contribution in [2.24, 2.45) is 0 Å². The van der Waals surface area contributed by atoms with E-state index in [9.17, 15) is 4.55 Å². The maximum absolute atomic E-state index is 11.1. The molecule has 0 heterocycles. The van der Waals surface area contributed by atoms with E-state index in [-0.39, 0.29) is 0 Å². The summed E-state index contributed by atoms with van der Waals surface area (Å²) in [6, 6.07) is 6.54. The average molecular weight is 184 g/mol. The van der Waals surface area contributed by atoms with Crippen molar-refractivity contribution in [1.29, 1.82) is 0 Å². The summed E-state index contributed by atoms with van der Waals surface area (Å²) in [5.41, 5.74) is 0.304. The standard InChI is InChI=1S/C7H9BO3S/c1-12(11)7-5-3-2-4-6(7)8(9)10/h2-5,9-10H,1H3. The van der Waals surface area contributed by atoms with Crippen molar-refractivity contribution in [3.05, 3.63) is 24.3 Å². The smallest absolute Gasteiger partial charge is 0.493 e. The monoisotopic (exact) mass is 184 g/mol. The highest BCUT2D eigenvalue weighted by molar-refractivity contribution is 7.91. The summed E-state index contributed by atoms with van der Waals surface area (Å²) in [5, 5.41) is 17.7. The molecule has 0 aromatic heterocycles. The summed E-state index contributed by atoms with van der Waals surface area (Å²) in [6.07, 6.45) is 1.50. The van der Waals surface area contributed by atoms with Crippen molar-refractivity contribution in [1.82, 2.24) is 0 Å². The molecule has 0 bridgehead atoms. The Kier molecular flexibility index (Phi) is 3.16. The summed E-state index contributed by atoms with van der Waals surface area (Å²) in [5.74, 6) is 0. The van der Waals surface area contributed by atoms with Crippen LogP contribution in [0, 0.1) is 0 Å². The lowest BCUT2D eigenvalue weighted by atomic mass is 9.80. The first-order chi connectivity index (χ1) is 5.63. The Labute approximate surface area is 74.4 Å². The third kappa shape index (κ3) is 2.01. The van der Waals surface area contributed by atoms with E-state index in [4.69, 9.17) is 10.0 Å². The summed E-state index contributed by atoms with van der Waals surface area (Å²) in [7, 11) is -1.55. The number of rotatable bonds is 2. The molecule has 0 saturated carbocycles. The molecule has 12 heavy (non-hydrogen) atoms. The van der Waals surface area contributed by atoms with Crippen molar-refractivity contribution in [3.63, 3.8) is 0 Å². The van der Waals surface area contributed by atoms with Crippen LogP contribution in [0.4, 0.5) is 0 Å². The molecule has 0 amide bonds. The maximum Gasteiger partial charge on any atom is 0.493 e. The van der Waals surface area contributed by atoms with Gasteiger partial charge >= 0.3 is 7.12 Å². The van der Waals surface area contributed by atoms with E-state index >= 15 is 0 Å². The van der Waals surface area contributed by atoms with Crippen LogP contribution in [-0.4, -0.2) is 28.0 Å². The summed E-state index contributed by atoms with van der Waals surface area (Å²) in [4.78, 5) is 0.465. The molecule has 0 spiro atoms. The maximum atomic E-state index is 11.1. The molecule has 0 fully saturated rings. The second kappa shape index (κ2) is 3.95. The SMILES string of the molecule is C[S+]([O-])c1ccccc1B(O)O. The van der Waals surface area contributed by atoms with Crippen molar-refractivity contribution >= 4 is 23.8 Å². The summed E-state index contributed by atoms with van der Waals surface area (Å²) in [6.45, 7) is 0. The fourth-order valence-corrected chi connectivity index (χ4v) is 1.73. The van der Waals surface area contributed by atoms with Gasteiger partial charge < -0.3 is 14.6 Å². The van der Waals surface area contributed by atoms with E-state index < -0.39 is 18.3 Å². The van der Waals surface area contributed by atoms with Crippen LogP contribution >= 0.6 is 0 Å². The molecule has 0 saturated heterocycles. The Morgan fingerprint density at radius 3 is 2.33 bits per heavy atom. The Morgan fingerprint density at radius 1 is 1.33 bits per heavy atom. The van der Waals surface area contributed by atoms with Gasteiger partial charge in [0.1, 0.15) is 6.26 Å². The van der Waals surface area contributed by atoms with Gasteiger partial charge in [0.05, 0.1) is 0 Å². The van der Waals surface area contributed by atoms with Crippen molar-refractivity contribution in [3.8, 4) is 0 Å². The fraction of sp³-hybridized carbons (Fsp3) is 0.143. The van der Waals surface area contributed by atoms with Gasteiger partial charge in [-0.15, -0.1) is 0 Å². The molecule has 0 aliphatic carbocycles. The van der Waals surface area contributed by atoms with Crippen LogP contribution in [-0.2, 0) is 11.2 Å². The molecular formula is C7H9BO3S. The first-order valence-electron chi connectivity index (χ1n) is 3.41. The highest BCUT2D eigenvalue weighted by Gasteiger charge is 2.20. The largest absolute Gasteiger partial charge is 0.612 e. The lowest BCUT2D eigenvalue weighted by Crippen LogP contribution is -2.33. The van der Waals surface area contributed by atoms with Crippen molar-refractivity contribution in [2.75, 3.05) is 6.26 Å². The lowest BCUT2D eigenvalue weighted by Gasteiger charge is -2.08. The van der Waals surface area contributed by atoms with Crippen LogP contribution in [0.25, 0.3) is 0 Å². The first kappa shape index (κ1) is 9.60. The van der Waals surface area contributed by atoms with E-state index in [0.717, 1.165) is 0 Å². The Balaban J connectivity index is 3.09. The molecule has 1 aromatic carbocycles. The highest BCUT2D eigenvalue weighted by atomic mass is 32.2. The molecule has 0 aliphatic rings. The number of hydrogen-bond acceptors (Lipinski definition) is 3. The minimum absolute atomic E-state index is 0.304. The zero-order valence-corrected chi connectivity index (χ0v) is 7.41. The normalized spacial score (nSPS) is 12.7. The van der Waals surface area contributed by atoms with Gasteiger partial charge in [0.15, 0.2) is 4.90 Å². The molecule has 5 heteroatoms. The minimum Gasteiger partial charge on any atom is -0.612 e. The average Bonchev–Trinajstić information content (AvgIpc) is 2.04. The van der Waals surface area contributed by atoms with Gasteiger partial charge in [-0.2, -0.15) is 0 Å². The molecule has 1 atom stereocenters. The van der Waals surface area contributed by atoms with Crippen LogP contribution in [0.2, 0.25) is 0 Å². The highest BCUT2D eigenvalue weighted by Crippen LogP contribution is 2.04. The van der Waals surface area contributed by atoms with Gasteiger partial charge in [-0.1, -0.05) is 18.2 Å². The van der Waals surface area contributed by atoms with Gasteiger partial charge in [-0.25, -0.2) is 0 Å². The van der Waals surface area contributed by atoms with E-state index in [0.29, 0.717) is 10.4 Å². The molecule has 64 valence electrons. The second-order valence-electron chi connectivity index (χ2n) is 2.37. The molecule has 3 nitrogen and oxygen atoms in total. The van der Waals surface area contributed by atoms with Crippen LogP contribution < -0.4 is 5.46 Å². The van der Waals surface area contributed by atoms with Gasteiger partial charge in [0, 0.05) is 5.46 Å². The zero-order valence-electron chi connectivity index (χ0n) is 6.60. The van der Waals surface area contributed by atoms with Crippen LogP contribution in [0.5, 0.6) is 0 Å². The molecular weight excluding hydrogens is 175 g/mol. The molecule has 0 radical (unpaired) electrons. The van der Waals surface area contributed by atoms with Crippen LogP contribution in [0.3, 0.4) is 0 Å². The third-order valence-corrected chi connectivity index (χ3v) is 2.50. The van der Waals surface area contributed by atoms with E-state index in [2.05, 4.69) is 0 Å². The molecule has 1 unspecified atom stereocenters. The zero-order chi connectivity index (χ0) is 9.14. The molecule has 1 aromatic rings. The lowest BCUT2D eigenvalue weighted by molar-refractivity contribution is 0.424. The van der Waals surface area contributed by atoms with Gasteiger partial charge in [-0.3, -0.25) is 0 Å².